The molecule has 0 radical (unpaired) electrons. The van der Waals surface area contributed by atoms with Crippen LogP contribution in [-0.4, -0.2) is 57.0 Å². The maximum Gasteiger partial charge on any atom is 0.330 e. The number of nitrogens with one attached hydrogen (secondary N) is 1. The van der Waals surface area contributed by atoms with Gasteiger partial charge in [0.05, 0.1) is 18.4 Å². The van der Waals surface area contributed by atoms with E-state index in [-0.39, 0.29) is 18.7 Å². The van der Waals surface area contributed by atoms with Gasteiger partial charge in [0.25, 0.3) is 5.56 Å². The van der Waals surface area contributed by atoms with Crippen LogP contribution in [-0.2, 0) is 18.8 Å². The van der Waals surface area contributed by atoms with Crippen molar-refractivity contribution < 1.29 is 28.6 Å². The van der Waals surface area contributed by atoms with Crippen LogP contribution in [0.25, 0.3) is 0 Å². The number of hydrogen-bond donors (Lipinski definition) is 3. The average molecular weight is 378 g/mol. The second-order valence-corrected chi connectivity index (χ2v) is 7.89. The van der Waals surface area contributed by atoms with Crippen molar-refractivity contribution in [1.82, 2.24) is 9.55 Å². The molecule has 0 spiro atoms. The topological polar surface area (TPSA) is 140 Å². The molecular formula is C14H23N2O8P. The fourth-order valence-electron chi connectivity index (χ4n) is 2.82. The molecule has 1 aliphatic heterocycles. The lowest BCUT2D eigenvalue weighted by Gasteiger charge is -2.25. The molecule has 0 aromatic carbocycles. The highest BCUT2D eigenvalue weighted by atomic mass is 31.2. The van der Waals surface area contributed by atoms with E-state index in [0.717, 1.165) is 0 Å². The normalized spacial score (nSPS) is 27.1. The highest BCUT2D eigenvalue weighted by Gasteiger charge is 2.47. The molecule has 1 aromatic heterocycles. The van der Waals surface area contributed by atoms with Gasteiger partial charge in [0.1, 0.15) is 12.2 Å². The number of aromatic nitrogens is 2. The van der Waals surface area contributed by atoms with Crippen LogP contribution in [0.1, 0.15) is 26.5 Å². The Kier molecular flexibility index (Phi) is 6.36. The molecule has 142 valence electrons. The molecule has 10 nitrogen and oxygen atoms in total. The van der Waals surface area contributed by atoms with Gasteiger partial charge in [-0.25, -0.2) is 4.79 Å². The Bertz CT molecular complexity index is 739. The number of nitrogens with zero attached hydrogens (tertiary/aromatic N) is 1. The molecule has 2 heterocycles. The summed E-state index contributed by atoms with van der Waals surface area (Å²) in [6.07, 6.45) is -2.11. The number of rotatable bonds is 7. The minimum Gasteiger partial charge on any atom is -0.374 e. The van der Waals surface area contributed by atoms with Crippen molar-refractivity contribution in [3.8, 4) is 0 Å². The zero-order valence-electron chi connectivity index (χ0n) is 14.2. The van der Waals surface area contributed by atoms with E-state index < -0.39 is 43.4 Å². The number of H-pyrrole nitrogens is 1. The molecule has 0 amide bonds. The van der Waals surface area contributed by atoms with E-state index in [1.807, 2.05) is 13.8 Å². The first-order chi connectivity index (χ1) is 11.6. The van der Waals surface area contributed by atoms with Gasteiger partial charge in [0.15, 0.2) is 6.23 Å². The van der Waals surface area contributed by atoms with Crippen LogP contribution >= 0.6 is 7.60 Å². The molecule has 1 saturated heterocycles. The van der Waals surface area contributed by atoms with Crippen LogP contribution in [0.2, 0.25) is 0 Å². The van der Waals surface area contributed by atoms with Crippen LogP contribution in [0, 0.1) is 0 Å². The van der Waals surface area contributed by atoms with Gasteiger partial charge in [-0.3, -0.25) is 18.9 Å². The van der Waals surface area contributed by atoms with E-state index in [1.54, 1.807) is 0 Å². The monoisotopic (exact) mass is 378 g/mol. The van der Waals surface area contributed by atoms with Crippen LogP contribution in [0.5, 0.6) is 0 Å². The maximum absolute atomic E-state index is 12.0. The molecule has 1 fully saturated rings. The van der Waals surface area contributed by atoms with Crippen LogP contribution in [0.3, 0.4) is 0 Å². The first-order valence-electron chi connectivity index (χ1n) is 7.82. The van der Waals surface area contributed by atoms with E-state index in [0.29, 0.717) is 0 Å². The SMILES string of the molecule is CO[C@H]1C(OC(C)C)[C@@H](CCP(=O)(O)O)O[C@H]1n1ccc(=O)[nH]c1=O. The molecule has 1 aromatic rings. The molecule has 1 unspecified atom stereocenters. The second kappa shape index (κ2) is 7.94. The van der Waals surface area contributed by atoms with Crippen molar-refractivity contribution in [3.05, 3.63) is 33.1 Å². The molecule has 0 aliphatic carbocycles. The lowest BCUT2D eigenvalue weighted by Crippen LogP contribution is -2.40. The fraction of sp³-hybridized carbons (Fsp3) is 0.714. The van der Waals surface area contributed by atoms with Gasteiger partial charge >= 0.3 is 13.3 Å². The zero-order valence-corrected chi connectivity index (χ0v) is 15.1. The van der Waals surface area contributed by atoms with Crippen LogP contribution in [0.15, 0.2) is 21.9 Å². The van der Waals surface area contributed by atoms with E-state index in [9.17, 15) is 14.2 Å². The maximum atomic E-state index is 12.0. The Morgan fingerprint density at radius 3 is 2.56 bits per heavy atom. The quantitative estimate of drug-likeness (QED) is 0.555. The largest absolute Gasteiger partial charge is 0.374 e. The minimum atomic E-state index is -4.21. The van der Waals surface area contributed by atoms with Crippen molar-refractivity contribution >= 4 is 7.60 Å². The average Bonchev–Trinajstić information content (AvgIpc) is 2.81. The third-order valence-electron chi connectivity index (χ3n) is 3.82. The number of methoxy groups -OCH3 is 1. The van der Waals surface area contributed by atoms with E-state index in [4.69, 9.17) is 24.0 Å². The van der Waals surface area contributed by atoms with Gasteiger partial charge in [-0.05, 0) is 20.3 Å². The Morgan fingerprint density at radius 2 is 2.04 bits per heavy atom. The molecule has 11 heteroatoms. The summed E-state index contributed by atoms with van der Waals surface area (Å²) in [5, 5.41) is 0. The van der Waals surface area contributed by atoms with Crippen molar-refractivity contribution in [2.75, 3.05) is 13.3 Å². The molecule has 0 bridgehead atoms. The highest BCUT2D eigenvalue weighted by Crippen LogP contribution is 2.40. The van der Waals surface area contributed by atoms with E-state index >= 15 is 0 Å². The van der Waals surface area contributed by atoms with Crippen molar-refractivity contribution in [1.29, 1.82) is 0 Å². The summed E-state index contributed by atoms with van der Waals surface area (Å²) in [7, 11) is -2.78. The van der Waals surface area contributed by atoms with Gasteiger partial charge in [0, 0.05) is 19.4 Å². The predicted octanol–water partition coefficient (Wildman–Crippen LogP) is -0.190. The van der Waals surface area contributed by atoms with Gasteiger partial charge in [0.2, 0.25) is 0 Å². The minimum absolute atomic E-state index is 0.0378. The van der Waals surface area contributed by atoms with Gasteiger partial charge in [-0.1, -0.05) is 0 Å². The Balaban J connectivity index is 2.32. The van der Waals surface area contributed by atoms with E-state index in [2.05, 4.69) is 4.98 Å². The summed E-state index contributed by atoms with van der Waals surface area (Å²) in [6.45, 7) is 3.62. The summed E-state index contributed by atoms with van der Waals surface area (Å²) in [5.41, 5.74) is -1.21. The third kappa shape index (κ3) is 5.10. The molecule has 1 aliphatic rings. The molecule has 2 rings (SSSR count). The number of hydrogen-bond acceptors (Lipinski definition) is 6. The number of ether oxygens (including phenoxy) is 3. The summed E-state index contributed by atoms with van der Waals surface area (Å²) < 4.78 is 29.4. The standard InChI is InChI=1S/C14H23N2O8P/c1-8(2)23-11-9(5-7-25(19,20)21)24-13(12(11)22-3)16-6-4-10(17)15-14(16)18/h4,6,8-9,11-13H,5,7H2,1-3H3,(H,15,17,18)(H2,19,20,21)/t9-,11?,12+,13-/m1/s1. The molecule has 4 atom stereocenters. The summed E-state index contributed by atoms with van der Waals surface area (Å²) in [6, 6.07) is 1.18. The molecule has 25 heavy (non-hydrogen) atoms. The highest BCUT2D eigenvalue weighted by molar-refractivity contribution is 7.51. The zero-order chi connectivity index (χ0) is 18.8. The molecule has 3 N–H and O–H groups in total. The fourth-order valence-corrected chi connectivity index (χ4v) is 3.41. The first-order valence-corrected chi connectivity index (χ1v) is 9.62. The summed E-state index contributed by atoms with van der Waals surface area (Å²) in [4.78, 5) is 43.7. The van der Waals surface area contributed by atoms with Crippen LogP contribution < -0.4 is 11.2 Å². The van der Waals surface area contributed by atoms with Crippen LogP contribution in [0.4, 0.5) is 0 Å². The third-order valence-corrected chi connectivity index (χ3v) is 4.66. The molecular weight excluding hydrogens is 355 g/mol. The Morgan fingerprint density at radius 1 is 1.36 bits per heavy atom. The number of aromatic amines is 1. The van der Waals surface area contributed by atoms with Crippen molar-refractivity contribution in [2.24, 2.45) is 0 Å². The van der Waals surface area contributed by atoms with Gasteiger partial charge in [-0.2, -0.15) is 0 Å². The molecule has 0 saturated carbocycles. The summed E-state index contributed by atoms with van der Waals surface area (Å²) >= 11 is 0. The van der Waals surface area contributed by atoms with Gasteiger partial charge < -0.3 is 24.0 Å². The summed E-state index contributed by atoms with van der Waals surface area (Å²) in [5.74, 6) is 0. The van der Waals surface area contributed by atoms with E-state index in [1.165, 1.54) is 23.9 Å². The van der Waals surface area contributed by atoms with Gasteiger partial charge in [-0.15, -0.1) is 0 Å². The lowest BCUT2D eigenvalue weighted by atomic mass is 10.1. The Labute approximate surface area is 143 Å². The smallest absolute Gasteiger partial charge is 0.330 e. The predicted molar refractivity (Wildman–Crippen MR) is 87.6 cm³/mol. The lowest BCUT2D eigenvalue weighted by molar-refractivity contribution is -0.0791. The van der Waals surface area contributed by atoms with Crippen molar-refractivity contribution in [2.45, 2.75) is 50.9 Å². The Hall–Kier alpha value is -1.29. The first kappa shape index (κ1) is 20.0. The van der Waals surface area contributed by atoms with Crippen molar-refractivity contribution in [3.63, 3.8) is 0 Å². The second-order valence-electron chi connectivity index (χ2n) is 6.11.